The Morgan fingerprint density at radius 2 is 1.86 bits per heavy atom. The van der Waals surface area contributed by atoms with Gasteiger partial charge in [-0.15, -0.1) is 0 Å². The zero-order chi connectivity index (χ0) is 15.6. The predicted molar refractivity (Wildman–Crippen MR) is 90.8 cm³/mol. The second kappa shape index (κ2) is 6.21. The average molecular weight is 282 g/mol. The molecule has 1 heterocycles. The first-order valence-corrected chi connectivity index (χ1v) is 7.86. The fourth-order valence-electron chi connectivity index (χ4n) is 2.93. The molecule has 2 N–H and O–H groups in total. The Morgan fingerprint density at radius 3 is 2.48 bits per heavy atom. The molecule has 1 aromatic rings. The van der Waals surface area contributed by atoms with Gasteiger partial charge in [-0.1, -0.05) is 52.1 Å². The Bertz CT molecular complexity index is 608. The van der Waals surface area contributed by atoms with Gasteiger partial charge in [0.25, 0.3) is 0 Å². The molecule has 0 amide bonds. The van der Waals surface area contributed by atoms with Crippen LogP contribution in [0.25, 0.3) is 0 Å². The summed E-state index contributed by atoms with van der Waals surface area (Å²) in [7, 11) is 0. The smallest absolute Gasteiger partial charge is 0.0683 e. The lowest BCUT2D eigenvalue weighted by atomic mass is 9.87. The average Bonchev–Trinajstić information content (AvgIpc) is 2.55. The molecule has 0 spiro atoms. The minimum atomic E-state index is 0.820. The van der Waals surface area contributed by atoms with Gasteiger partial charge < -0.3 is 10.6 Å². The van der Waals surface area contributed by atoms with Crippen LogP contribution in [0.4, 0.5) is 0 Å². The van der Waals surface area contributed by atoms with Gasteiger partial charge in [0.2, 0.25) is 0 Å². The number of nitrogens with zero attached hydrogens (tertiary/aromatic N) is 1. The van der Waals surface area contributed by atoms with E-state index in [0.717, 1.165) is 48.5 Å². The summed E-state index contributed by atoms with van der Waals surface area (Å²) in [6, 6.07) is 6.85. The van der Waals surface area contributed by atoms with Gasteiger partial charge in [-0.2, -0.15) is 0 Å². The van der Waals surface area contributed by atoms with Crippen molar-refractivity contribution < 1.29 is 0 Å². The largest absolute Gasteiger partial charge is 0.397 e. The van der Waals surface area contributed by atoms with E-state index < -0.39 is 0 Å². The minimum absolute atomic E-state index is 0.820. The van der Waals surface area contributed by atoms with E-state index in [1.165, 1.54) is 16.7 Å². The Balaban J connectivity index is 0.000000774. The molecule has 1 aromatic carbocycles. The third-order valence-corrected chi connectivity index (χ3v) is 4.24. The van der Waals surface area contributed by atoms with Gasteiger partial charge in [0.1, 0.15) is 0 Å². The summed E-state index contributed by atoms with van der Waals surface area (Å²) in [5, 5.41) is 0. The van der Waals surface area contributed by atoms with Crippen molar-refractivity contribution in [3.8, 4) is 0 Å². The molecule has 2 nitrogen and oxygen atoms in total. The summed E-state index contributed by atoms with van der Waals surface area (Å²) < 4.78 is 0. The maximum atomic E-state index is 6.04. The molecule has 3 rings (SSSR count). The molecule has 112 valence electrons. The molecule has 2 heteroatoms. The first-order chi connectivity index (χ1) is 10.1. The summed E-state index contributed by atoms with van der Waals surface area (Å²) in [6.07, 6.45) is 2.16. The standard InChI is InChI=1S/C17H20N2.C2H6/c1-4-13-5-6-14-7-8-19(10-15(14)9-13)17-12(3)11(2)16(17)18;1-2/h5-6,9H,2-4,7-8,10,18H2,1H3;1-2H3. The number of nitrogens with two attached hydrogens (primary N) is 1. The monoisotopic (exact) mass is 282 g/mol. The lowest BCUT2D eigenvalue weighted by Gasteiger charge is -2.39. The minimum Gasteiger partial charge on any atom is -0.397 e. The fraction of sp³-hybridized carbons (Fsp3) is 0.368. The van der Waals surface area contributed by atoms with Crippen molar-refractivity contribution in [2.24, 2.45) is 5.73 Å². The molecule has 1 aliphatic carbocycles. The highest BCUT2D eigenvalue weighted by Gasteiger charge is 2.30. The molecule has 2 aliphatic rings. The van der Waals surface area contributed by atoms with Crippen molar-refractivity contribution in [1.29, 1.82) is 0 Å². The number of allylic oxidation sites excluding steroid dienone is 2. The van der Waals surface area contributed by atoms with Crippen molar-refractivity contribution in [3.05, 3.63) is 70.6 Å². The number of rotatable bonds is 2. The molecular formula is C19H26N2. The van der Waals surface area contributed by atoms with Crippen LogP contribution < -0.4 is 5.73 Å². The first kappa shape index (κ1) is 15.4. The van der Waals surface area contributed by atoms with E-state index in [-0.39, 0.29) is 0 Å². The number of aryl methyl sites for hydroxylation is 1. The number of fused-ring (bicyclic) bond motifs is 1. The fourth-order valence-corrected chi connectivity index (χ4v) is 2.93. The molecule has 0 bridgehead atoms. The number of benzene rings is 1. The molecule has 0 saturated heterocycles. The van der Waals surface area contributed by atoms with Gasteiger partial charge in [0.15, 0.2) is 0 Å². The van der Waals surface area contributed by atoms with Crippen molar-refractivity contribution in [2.75, 3.05) is 6.54 Å². The highest BCUT2D eigenvalue weighted by atomic mass is 15.2. The van der Waals surface area contributed by atoms with Crippen molar-refractivity contribution in [3.63, 3.8) is 0 Å². The third kappa shape index (κ3) is 2.63. The zero-order valence-corrected chi connectivity index (χ0v) is 13.5. The van der Waals surface area contributed by atoms with Crippen LogP contribution in [0.5, 0.6) is 0 Å². The van der Waals surface area contributed by atoms with E-state index >= 15 is 0 Å². The Labute approximate surface area is 128 Å². The highest BCUT2D eigenvalue weighted by Crippen LogP contribution is 2.38. The van der Waals surface area contributed by atoms with E-state index in [9.17, 15) is 0 Å². The van der Waals surface area contributed by atoms with E-state index in [1.807, 2.05) is 13.8 Å². The van der Waals surface area contributed by atoms with Crippen LogP contribution in [0.1, 0.15) is 37.5 Å². The van der Waals surface area contributed by atoms with Crippen LogP contribution in [0.3, 0.4) is 0 Å². The van der Waals surface area contributed by atoms with E-state index in [4.69, 9.17) is 5.73 Å². The highest BCUT2D eigenvalue weighted by molar-refractivity contribution is 5.65. The second-order valence-corrected chi connectivity index (χ2v) is 5.35. The lowest BCUT2D eigenvalue weighted by Crippen LogP contribution is -2.37. The van der Waals surface area contributed by atoms with Crippen LogP contribution >= 0.6 is 0 Å². The molecular weight excluding hydrogens is 256 g/mol. The molecule has 0 atom stereocenters. The van der Waals surface area contributed by atoms with Gasteiger partial charge >= 0.3 is 0 Å². The van der Waals surface area contributed by atoms with Crippen molar-refractivity contribution in [2.45, 2.75) is 40.2 Å². The van der Waals surface area contributed by atoms with Gasteiger partial charge in [0.05, 0.1) is 11.4 Å². The summed E-state index contributed by atoms with van der Waals surface area (Å²) >= 11 is 0. The molecule has 0 aromatic heterocycles. The van der Waals surface area contributed by atoms with Gasteiger partial charge in [0, 0.05) is 24.2 Å². The van der Waals surface area contributed by atoms with Crippen LogP contribution in [0, 0.1) is 0 Å². The molecule has 21 heavy (non-hydrogen) atoms. The zero-order valence-electron chi connectivity index (χ0n) is 13.5. The topological polar surface area (TPSA) is 29.3 Å². The summed E-state index contributed by atoms with van der Waals surface area (Å²) in [5.41, 5.74) is 14.2. The first-order valence-electron chi connectivity index (χ1n) is 7.86. The quantitative estimate of drug-likeness (QED) is 0.890. The normalized spacial score (nSPS) is 17.0. The Morgan fingerprint density at radius 1 is 1.14 bits per heavy atom. The predicted octanol–water partition coefficient (Wildman–Crippen LogP) is 3.93. The second-order valence-electron chi connectivity index (χ2n) is 5.35. The number of hydrogen-bond donors (Lipinski definition) is 1. The van der Waals surface area contributed by atoms with Gasteiger partial charge in [-0.3, -0.25) is 0 Å². The van der Waals surface area contributed by atoms with E-state index in [0.29, 0.717) is 0 Å². The lowest BCUT2D eigenvalue weighted by molar-refractivity contribution is 0.320. The molecule has 0 saturated carbocycles. The summed E-state index contributed by atoms with van der Waals surface area (Å²) in [5.74, 6) is 0. The summed E-state index contributed by atoms with van der Waals surface area (Å²) in [6.45, 7) is 16.1. The van der Waals surface area contributed by atoms with Gasteiger partial charge in [-0.05, 0) is 29.5 Å². The Kier molecular flexibility index (Phi) is 4.56. The third-order valence-electron chi connectivity index (χ3n) is 4.24. The van der Waals surface area contributed by atoms with E-state index in [2.05, 4.69) is 43.2 Å². The van der Waals surface area contributed by atoms with Crippen molar-refractivity contribution in [1.82, 2.24) is 4.90 Å². The summed E-state index contributed by atoms with van der Waals surface area (Å²) in [4.78, 5) is 2.34. The van der Waals surface area contributed by atoms with Crippen LogP contribution in [-0.4, -0.2) is 11.4 Å². The maximum absolute atomic E-state index is 6.04. The van der Waals surface area contributed by atoms with Crippen LogP contribution in [-0.2, 0) is 19.4 Å². The van der Waals surface area contributed by atoms with Crippen molar-refractivity contribution >= 4 is 0 Å². The number of hydrogen-bond acceptors (Lipinski definition) is 2. The van der Waals surface area contributed by atoms with Gasteiger partial charge in [-0.25, -0.2) is 0 Å². The Hall–Kier alpha value is -1.96. The molecule has 0 radical (unpaired) electrons. The van der Waals surface area contributed by atoms with E-state index in [1.54, 1.807) is 0 Å². The SMILES string of the molecule is C=C1C(=C)C(N2CCc3ccc(CC)cc3C2)=C1N.CC. The molecule has 0 fully saturated rings. The molecule has 1 aliphatic heterocycles. The van der Waals surface area contributed by atoms with Crippen LogP contribution in [0.15, 0.2) is 53.9 Å². The molecule has 0 unspecified atom stereocenters. The van der Waals surface area contributed by atoms with Crippen LogP contribution in [0.2, 0.25) is 0 Å². The maximum Gasteiger partial charge on any atom is 0.0683 e.